The summed E-state index contributed by atoms with van der Waals surface area (Å²) in [5.74, 6) is -0.126. The fourth-order valence-electron chi connectivity index (χ4n) is 2.39. The molecule has 1 fully saturated rings. The summed E-state index contributed by atoms with van der Waals surface area (Å²) in [6.07, 6.45) is 1.10. The van der Waals surface area contributed by atoms with E-state index in [0.29, 0.717) is 28.7 Å². The van der Waals surface area contributed by atoms with E-state index < -0.39 is 11.7 Å². The number of benzene rings is 1. The highest BCUT2D eigenvalue weighted by Gasteiger charge is 2.33. The lowest BCUT2D eigenvalue weighted by molar-refractivity contribution is -0.137. The third-order valence-electron chi connectivity index (χ3n) is 3.92. The van der Waals surface area contributed by atoms with Gasteiger partial charge < -0.3 is 0 Å². The Morgan fingerprint density at radius 1 is 1.12 bits per heavy atom. The SMILES string of the molecule is CCCCN=C1S/C(=C\c2ccc(C(F)(F)F)cc2)C(=O)N1CCCC. The number of amides is 1. The van der Waals surface area contributed by atoms with Crippen LogP contribution in [0.1, 0.15) is 50.7 Å². The van der Waals surface area contributed by atoms with Crippen LogP contribution < -0.4 is 0 Å². The van der Waals surface area contributed by atoms with Gasteiger partial charge in [-0.05, 0) is 48.4 Å². The number of thioether (sulfide) groups is 1. The van der Waals surface area contributed by atoms with Crippen LogP contribution >= 0.6 is 11.8 Å². The molecule has 0 radical (unpaired) electrons. The van der Waals surface area contributed by atoms with Gasteiger partial charge in [0.05, 0.1) is 10.5 Å². The molecule has 0 aliphatic carbocycles. The Morgan fingerprint density at radius 3 is 2.35 bits per heavy atom. The average Bonchev–Trinajstić information content (AvgIpc) is 2.88. The molecule has 0 N–H and O–H groups in total. The molecule has 0 saturated carbocycles. The Labute approximate surface area is 156 Å². The molecule has 1 aliphatic heterocycles. The molecule has 1 saturated heterocycles. The van der Waals surface area contributed by atoms with Gasteiger partial charge in [-0.1, -0.05) is 38.8 Å². The maximum atomic E-state index is 12.7. The molecule has 0 atom stereocenters. The van der Waals surface area contributed by atoms with Crippen LogP contribution in [0.25, 0.3) is 6.08 Å². The number of carbonyl (C=O) groups excluding carboxylic acids is 1. The van der Waals surface area contributed by atoms with Crippen molar-refractivity contribution in [2.75, 3.05) is 13.1 Å². The van der Waals surface area contributed by atoms with Crippen molar-refractivity contribution in [3.63, 3.8) is 0 Å². The zero-order valence-corrected chi connectivity index (χ0v) is 15.8. The van der Waals surface area contributed by atoms with Crippen molar-refractivity contribution < 1.29 is 18.0 Å². The van der Waals surface area contributed by atoms with E-state index in [4.69, 9.17) is 0 Å². The zero-order valence-electron chi connectivity index (χ0n) is 15.0. The smallest absolute Gasteiger partial charge is 0.287 e. The van der Waals surface area contributed by atoms with Crippen LogP contribution in [0.2, 0.25) is 0 Å². The van der Waals surface area contributed by atoms with E-state index in [1.54, 1.807) is 11.0 Å². The molecule has 0 bridgehead atoms. The Bertz CT molecular complexity index is 681. The molecule has 1 aromatic carbocycles. The van der Waals surface area contributed by atoms with Gasteiger partial charge in [0.25, 0.3) is 5.91 Å². The summed E-state index contributed by atoms with van der Waals surface area (Å²) in [5.41, 5.74) is -0.129. The van der Waals surface area contributed by atoms with E-state index in [2.05, 4.69) is 18.8 Å². The molecule has 26 heavy (non-hydrogen) atoms. The van der Waals surface area contributed by atoms with Gasteiger partial charge in [-0.15, -0.1) is 0 Å². The fourth-order valence-corrected chi connectivity index (χ4v) is 3.42. The molecule has 2 rings (SSSR count). The topological polar surface area (TPSA) is 32.7 Å². The molecule has 1 aliphatic rings. The second-order valence-electron chi connectivity index (χ2n) is 6.06. The van der Waals surface area contributed by atoms with Gasteiger partial charge in [0.15, 0.2) is 5.17 Å². The molecule has 7 heteroatoms. The first kappa shape index (κ1) is 20.6. The maximum absolute atomic E-state index is 12.7. The lowest BCUT2D eigenvalue weighted by Gasteiger charge is -2.14. The van der Waals surface area contributed by atoms with Crippen molar-refractivity contribution in [1.29, 1.82) is 0 Å². The average molecular weight is 384 g/mol. The Morgan fingerprint density at radius 2 is 1.77 bits per heavy atom. The normalized spacial score (nSPS) is 18.3. The Hall–Kier alpha value is -1.76. The monoisotopic (exact) mass is 384 g/mol. The largest absolute Gasteiger partial charge is 0.416 e. The number of nitrogens with zero attached hydrogens (tertiary/aromatic N) is 2. The van der Waals surface area contributed by atoms with E-state index in [-0.39, 0.29) is 5.91 Å². The number of unbranched alkanes of at least 4 members (excludes halogenated alkanes) is 2. The minimum atomic E-state index is -4.36. The number of aliphatic imine (C=N–C) groups is 1. The van der Waals surface area contributed by atoms with Gasteiger partial charge >= 0.3 is 6.18 Å². The number of rotatable bonds is 7. The summed E-state index contributed by atoms with van der Waals surface area (Å²) >= 11 is 1.30. The second-order valence-corrected chi connectivity index (χ2v) is 7.07. The van der Waals surface area contributed by atoms with E-state index in [9.17, 15) is 18.0 Å². The van der Waals surface area contributed by atoms with Gasteiger partial charge in [0, 0.05) is 13.1 Å². The molecule has 1 amide bonds. The van der Waals surface area contributed by atoms with Crippen molar-refractivity contribution in [3.8, 4) is 0 Å². The summed E-state index contributed by atoms with van der Waals surface area (Å²) in [6, 6.07) is 4.82. The number of hydrogen-bond acceptors (Lipinski definition) is 3. The third kappa shape index (κ3) is 5.37. The van der Waals surface area contributed by atoms with Crippen molar-refractivity contribution in [2.45, 2.75) is 45.7 Å². The van der Waals surface area contributed by atoms with Gasteiger partial charge in [-0.2, -0.15) is 13.2 Å². The third-order valence-corrected chi connectivity index (χ3v) is 4.96. The minimum Gasteiger partial charge on any atom is -0.287 e. The molecule has 1 aromatic rings. The highest BCUT2D eigenvalue weighted by atomic mass is 32.2. The van der Waals surface area contributed by atoms with Crippen molar-refractivity contribution in [1.82, 2.24) is 4.90 Å². The summed E-state index contributed by atoms with van der Waals surface area (Å²) in [6.45, 7) is 5.42. The minimum absolute atomic E-state index is 0.126. The number of halogens is 3. The van der Waals surface area contributed by atoms with Crippen LogP contribution in [-0.2, 0) is 11.0 Å². The molecular weight excluding hydrogens is 361 g/mol. The predicted octanol–water partition coefficient (Wildman–Crippen LogP) is 5.58. The first-order chi connectivity index (χ1) is 12.4. The molecular formula is C19H23F3N2OS. The molecule has 3 nitrogen and oxygen atoms in total. The molecule has 1 heterocycles. The van der Waals surface area contributed by atoms with Gasteiger partial charge in [0.2, 0.25) is 0 Å². The second kappa shape index (κ2) is 9.26. The molecule has 0 unspecified atom stereocenters. The van der Waals surface area contributed by atoms with E-state index in [1.807, 2.05) is 0 Å². The van der Waals surface area contributed by atoms with Crippen LogP contribution in [0, 0.1) is 0 Å². The van der Waals surface area contributed by atoms with Gasteiger partial charge in [-0.3, -0.25) is 14.7 Å². The van der Waals surface area contributed by atoms with Crippen LogP contribution in [-0.4, -0.2) is 29.1 Å². The van der Waals surface area contributed by atoms with Crippen molar-refractivity contribution >= 4 is 28.9 Å². The summed E-state index contributed by atoms with van der Waals surface area (Å²) in [5, 5.41) is 0.690. The van der Waals surface area contributed by atoms with Crippen molar-refractivity contribution in [2.24, 2.45) is 4.99 Å². The quantitative estimate of drug-likeness (QED) is 0.454. The van der Waals surface area contributed by atoms with Gasteiger partial charge in [-0.25, -0.2) is 0 Å². The summed E-state index contributed by atoms with van der Waals surface area (Å²) in [7, 11) is 0. The van der Waals surface area contributed by atoms with E-state index in [0.717, 1.165) is 37.8 Å². The Balaban J connectivity index is 2.21. The maximum Gasteiger partial charge on any atom is 0.416 e. The molecule has 142 valence electrons. The number of carbonyl (C=O) groups is 1. The first-order valence-electron chi connectivity index (χ1n) is 8.80. The summed E-state index contributed by atoms with van der Waals surface area (Å²) < 4.78 is 38.0. The first-order valence-corrected chi connectivity index (χ1v) is 9.61. The number of amidine groups is 1. The van der Waals surface area contributed by atoms with Crippen LogP contribution in [0.5, 0.6) is 0 Å². The Kier molecular flexibility index (Phi) is 7.32. The molecule has 0 aromatic heterocycles. The lowest BCUT2D eigenvalue weighted by atomic mass is 10.1. The number of hydrogen-bond donors (Lipinski definition) is 0. The van der Waals surface area contributed by atoms with Crippen LogP contribution in [0.15, 0.2) is 34.2 Å². The highest BCUT2D eigenvalue weighted by molar-refractivity contribution is 8.18. The lowest BCUT2D eigenvalue weighted by Crippen LogP contribution is -2.30. The summed E-state index contributed by atoms with van der Waals surface area (Å²) in [4.78, 5) is 19.4. The van der Waals surface area contributed by atoms with Crippen LogP contribution in [0.4, 0.5) is 13.2 Å². The van der Waals surface area contributed by atoms with Gasteiger partial charge in [0.1, 0.15) is 0 Å². The standard InChI is InChI=1S/C19H23F3N2OS/c1-3-5-11-23-18-24(12-6-4-2)17(25)16(26-18)13-14-7-9-15(10-8-14)19(20,21)22/h7-10,13H,3-6,11-12H2,1-2H3/b16-13-,23-18?. The predicted molar refractivity (Wildman–Crippen MR) is 101 cm³/mol. The van der Waals surface area contributed by atoms with E-state index in [1.165, 1.54) is 23.9 Å². The van der Waals surface area contributed by atoms with E-state index >= 15 is 0 Å². The fraction of sp³-hybridized carbons (Fsp3) is 0.474. The number of alkyl halides is 3. The molecule has 0 spiro atoms. The van der Waals surface area contributed by atoms with Crippen LogP contribution in [0.3, 0.4) is 0 Å². The van der Waals surface area contributed by atoms with Crippen molar-refractivity contribution in [3.05, 3.63) is 40.3 Å². The zero-order chi connectivity index (χ0) is 19.2. The highest BCUT2D eigenvalue weighted by Crippen LogP contribution is 2.34.